The number of nitrogens with one attached hydrogen (secondary N) is 1. The molecule has 1 aliphatic carbocycles. The molecule has 0 spiro atoms. The van der Waals surface area contributed by atoms with E-state index in [1.54, 1.807) is 6.92 Å². The van der Waals surface area contributed by atoms with E-state index in [-0.39, 0.29) is 5.91 Å². The van der Waals surface area contributed by atoms with Gasteiger partial charge < -0.3 is 16.0 Å². The maximum Gasteiger partial charge on any atom is 0.254 e. The third-order valence-electron chi connectivity index (χ3n) is 5.19. The van der Waals surface area contributed by atoms with Gasteiger partial charge in [-0.15, -0.1) is 11.3 Å². The van der Waals surface area contributed by atoms with Crippen molar-refractivity contribution in [1.29, 1.82) is 5.41 Å². The molecule has 1 aromatic heterocycles. The van der Waals surface area contributed by atoms with Gasteiger partial charge in [-0.05, 0) is 44.6 Å². The average molecular weight is 331 g/mol. The first-order valence-electron chi connectivity index (χ1n) is 8.48. The number of carbonyl (C=O) groups is 1. The second kappa shape index (κ2) is 6.87. The van der Waals surface area contributed by atoms with E-state index >= 15 is 0 Å². The molecule has 2 unspecified atom stereocenters. The van der Waals surface area contributed by atoms with Crippen LogP contribution < -0.4 is 5.73 Å². The molecule has 3 N–H and O–H groups in total. The van der Waals surface area contributed by atoms with Crippen LogP contribution in [0, 0.1) is 11.3 Å². The van der Waals surface area contributed by atoms with Crippen molar-refractivity contribution in [3.8, 4) is 0 Å². The van der Waals surface area contributed by atoms with Gasteiger partial charge in [-0.2, -0.15) is 0 Å². The van der Waals surface area contributed by atoms with Crippen LogP contribution in [0.15, 0.2) is 17.1 Å². The van der Waals surface area contributed by atoms with Gasteiger partial charge in [-0.3, -0.25) is 4.79 Å². The number of likely N-dealkylation sites (tertiary alicyclic amines) is 1. The van der Waals surface area contributed by atoms with Gasteiger partial charge in [-0.25, -0.2) is 0 Å². The van der Waals surface area contributed by atoms with Gasteiger partial charge in [0, 0.05) is 40.3 Å². The largest absolute Gasteiger partial charge is 0.402 e. The zero-order valence-corrected chi connectivity index (χ0v) is 14.5. The number of allylic oxidation sites excluding steroid dienone is 2. The Balaban J connectivity index is 1.81. The Kier molecular flexibility index (Phi) is 4.85. The van der Waals surface area contributed by atoms with Gasteiger partial charge in [0.25, 0.3) is 5.91 Å². The molecular formula is C18H25N3OS. The van der Waals surface area contributed by atoms with E-state index in [1.165, 1.54) is 43.2 Å². The standard InChI is InChI=1S/C18H25N3OS/c1-12(20)15(10-19)17-9-14(11-23-17)18(22)21-8-4-6-13-5-2-3-7-16(13)21/h9-11,13,16,19H,2-8,20H2,1H3. The van der Waals surface area contributed by atoms with Gasteiger partial charge in [0.05, 0.1) is 5.56 Å². The van der Waals surface area contributed by atoms with Crippen molar-refractivity contribution in [2.24, 2.45) is 11.7 Å². The second-order valence-electron chi connectivity index (χ2n) is 6.69. The van der Waals surface area contributed by atoms with Crippen LogP contribution in [0.2, 0.25) is 0 Å². The first kappa shape index (κ1) is 16.2. The van der Waals surface area contributed by atoms with Gasteiger partial charge in [0.1, 0.15) is 0 Å². The number of hydrogen-bond acceptors (Lipinski definition) is 4. The molecule has 124 valence electrons. The number of amides is 1. The van der Waals surface area contributed by atoms with Crippen molar-refractivity contribution in [3.63, 3.8) is 0 Å². The first-order valence-corrected chi connectivity index (χ1v) is 9.36. The van der Waals surface area contributed by atoms with Crippen molar-refractivity contribution in [1.82, 2.24) is 4.90 Å². The summed E-state index contributed by atoms with van der Waals surface area (Å²) < 4.78 is 0. The van der Waals surface area contributed by atoms with Crippen molar-refractivity contribution >= 4 is 29.0 Å². The molecule has 1 aliphatic heterocycles. The van der Waals surface area contributed by atoms with Gasteiger partial charge >= 0.3 is 0 Å². The van der Waals surface area contributed by atoms with Gasteiger partial charge in [0.15, 0.2) is 0 Å². The lowest BCUT2D eigenvalue weighted by molar-refractivity contribution is 0.0391. The number of piperidine rings is 1. The minimum Gasteiger partial charge on any atom is -0.402 e. The number of nitrogens with zero attached hydrogens (tertiary/aromatic N) is 1. The molecule has 1 saturated carbocycles. The van der Waals surface area contributed by atoms with E-state index in [2.05, 4.69) is 4.90 Å². The maximum atomic E-state index is 13.0. The maximum absolute atomic E-state index is 13.0. The summed E-state index contributed by atoms with van der Waals surface area (Å²) in [7, 11) is 0. The fourth-order valence-corrected chi connectivity index (χ4v) is 4.98. The van der Waals surface area contributed by atoms with Crippen LogP contribution in [0.1, 0.15) is 60.7 Å². The Morgan fingerprint density at radius 3 is 2.83 bits per heavy atom. The molecule has 23 heavy (non-hydrogen) atoms. The van der Waals surface area contributed by atoms with Crippen LogP contribution in [0.25, 0.3) is 5.57 Å². The summed E-state index contributed by atoms with van der Waals surface area (Å²) in [4.78, 5) is 16.0. The van der Waals surface area contributed by atoms with Crippen LogP contribution in [0.4, 0.5) is 0 Å². The normalized spacial score (nSPS) is 25.5. The summed E-state index contributed by atoms with van der Waals surface area (Å²) in [5.41, 5.74) is 7.91. The minimum atomic E-state index is 0.156. The van der Waals surface area contributed by atoms with Gasteiger partial charge in [-0.1, -0.05) is 12.8 Å². The van der Waals surface area contributed by atoms with Gasteiger partial charge in [0.2, 0.25) is 0 Å². The number of hydrogen-bond donors (Lipinski definition) is 2. The topological polar surface area (TPSA) is 70.2 Å². The van der Waals surface area contributed by atoms with Crippen LogP contribution in [-0.2, 0) is 0 Å². The number of nitrogens with two attached hydrogens (primary N) is 1. The first-order chi connectivity index (χ1) is 11.1. The van der Waals surface area contributed by atoms with Crippen molar-refractivity contribution in [2.75, 3.05) is 6.54 Å². The predicted molar refractivity (Wildman–Crippen MR) is 95.9 cm³/mol. The lowest BCUT2D eigenvalue weighted by atomic mass is 9.78. The van der Waals surface area contributed by atoms with Crippen LogP contribution in [0.5, 0.6) is 0 Å². The number of fused-ring (bicyclic) bond motifs is 1. The Labute approximate surface area is 141 Å². The van der Waals surface area contributed by atoms with E-state index < -0.39 is 0 Å². The SMILES string of the molecule is CC(N)=C(C=N)c1cc(C(=O)N2CCCC3CCCCC32)cs1. The number of carbonyl (C=O) groups excluding carboxylic acids is 1. The van der Waals surface area contributed by atoms with Crippen LogP contribution in [-0.4, -0.2) is 29.6 Å². The van der Waals surface area contributed by atoms with Crippen LogP contribution >= 0.6 is 11.3 Å². The summed E-state index contributed by atoms with van der Waals surface area (Å²) in [6.45, 7) is 2.67. The van der Waals surface area contributed by atoms with E-state index in [0.717, 1.165) is 29.8 Å². The summed E-state index contributed by atoms with van der Waals surface area (Å²) in [6, 6.07) is 2.33. The van der Waals surface area contributed by atoms with Crippen molar-refractivity contribution in [2.45, 2.75) is 51.5 Å². The number of rotatable bonds is 3. The molecule has 4 nitrogen and oxygen atoms in total. The molecule has 2 heterocycles. The fraction of sp³-hybridized carbons (Fsp3) is 0.556. The Bertz CT molecular complexity index is 628. The molecular weight excluding hydrogens is 306 g/mol. The third kappa shape index (κ3) is 3.20. The number of thiophene rings is 1. The Morgan fingerprint density at radius 1 is 1.35 bits per heavy atom. The van der Waals surface area contributed by atoms with Crippen molar-refractivity contribution < 1.29 is 4.79 Å². The zero-order valence-electron chi connectivity index (χ0n) is 13.7. The highest BCUT2D eigenvalue weighted by Gasteiger charge is 2.36. The monoisotopic (exact) mass is 331 g/mol. The molecule has 2 atom stereocenters. The third-order valence-corrected chi connectivity index (χ3v) is 6.15. The lowest BCUT2D eigenvalue weighted by Crippen LogP contribution is -2.49. The smallest absolute Gasteiger partial charge is 0.254 e. The van der Waals surface area contributed by atoms with E-state index in [4.69, 9.17) is 11.1 Å². The average Bonchev–Trinajstić information content (AvgIpc) is 3.03. The zero-order chi connectivity index (χ0) is 16.4. The second-order valence-corrected chi connectivity index (χ2v) is 7.60. The minimum absolute atomic E-state index is 0.156. The Morgan fingerprint density at radius 2 is 2.09 bits per heavy atom. The predicted octanol–water partition coefficient (Wildman–Crippen LogP) is 3.88. The molecule has 2 aliphatic rings. The molecule has 5 heteroatoms. The summed E-state index contributed by atoms with van der Waals surface area (Å²) in [5, 5.41) is 9.42. The molecule has 0 aromatic carbocycles. The highest BCUT2D eigenvalue weighted by molar-refractivity contribution is 7.11. The molecule has 1 aromatic rings. The summed E-state index contributed by atoms with van der Waals surface area (Å²) in [6.07, 6.45) is 8.65. The van der Waals surface area contributed by atoms with Crippen LogP contribution in [0.3, 0.4) is 0 Å². The summed E-state index contributed by atoms with van der Waals surface area (Å²) >= 11 is 1.50. The molecule has 1 saturated heterocycles. The molecule has 3 rings (SSSR count). The highest BCUT2D eigenvalue weighted by atomic mass is 32.1. The molecule has 2 fully saturated rings. The highest BCUT2D eigenvalue weighted by Crippen LogP contribution is 2.36. The molecule has 1 amide bonds. The summed E-state index contributed by atoms with van der Waals surface area (Å²) in [5.74, 6) is 0.853. The van der Waals surface area contributed by atoms with E-state index in [1.807, 2.05) is 11.4 Å². The quantitative estimate of drug-likeness (QED) is 0.825. The molecule has 0 radical (unpaired) electrons. The van der Waals surface area contributed by atoms with E-state index in [0.29, 0.717) is 23.2 Å². The van der Waals surface area contributed by atoms with Crippen molar-refractivity contribution in [3.05, 3.63) is 27.6 Å². The molecule has 0 bridgehead atoms. The lowest BCUT2D eigenvalue weighted by Gasteiger charge is -2.44. The fourth-order valence-electron chi connectivity index (χ4n) is 4.01. The Hall–Kier alpha value is -1.62. The van der Waals surface area contributed by atoms with E-state index in [9.17, 15) is 4.79 Å².